The summed E-state index contributed by atoms with van der Waals surface area (Å²) in [4.78, 5) is 36.4. The molecular formula is C23H29FO4. The average Bonchev–Trinajstić information content (AvgIpc) is 2.90. The summed E-state index contributed by atoms with van der Waals surface area (Å²) in [7, 11) is 0. The van der Waals surface area contributed by atoms with E-state index in [1.165, 1.54) is 19.9 Å². The van der Waals surface area contributed by atoms with Gasteiger partial charge >= 0.3 is 5.97 Å². The highest BCUT2D eigenvalue weighted by Crippen LogP contribution is 2.68. The van der Waals surface area contributed by atoms with Gasteiger partial charge in [-0.25, -0.2) is 4.39 Å². The molecule has 0 saturated heterocycles. The van der Waals surface area contributed by atoms with E-state index in [-0.39, 0.29) is 29.3 Å². The fourth-order valence-electron chi connectivity index (χ4n) is 7.26. The number of allylic oxidation sites excluding steroid dienone is 4. The molecule has 4 aliphatic carbocycles. The van der Waals surface area contributed by atoms with E-state index in [0.29, 0.717) is 18.4 Å². The second-order valence-corrected chi connectivity index (χ2v) is 9.67. The van der Waals surface area contributed by atoms with E-state index in [9.17, 15) is 14.4 Å². The van der Waals surface area contributed by atoms with Crippen molar-refractivity contribution in [3.05, 3.63) is 23.8 Å². The topological polar surface area (TPSA) is 60.4 Å². The summed E-state index contributed by atoms with van der Waals surface area (Å²) in [5, 5.41) is 0. The van der Waals surface area contributed by atoms with Gasteiger partial charge < -0.3 is 4.74 Å². The van der Waals surface area contributed by atoms with Crippen LogP contribution >= 0.6 is 0 Å². The van der Waals surface area contributed by atoms with Crippen LogP contribution in [0, 0.1) is 28.6 Å². The number of esters is 1. The Morgan fingerprint density at radius 1 is 1.14 bits per heavy atom. The number of ether oxygens (including phenoxy) is 1. The lowest BCUT2D eigenvalue weighted by atomic mass is 9.47. The van der Waals surface area contributed by atoms with Gasteiger partial charge in [0.2, 0.25) is 0 Å². The fraction of sp³-hybridized carbons (Fsp3) is 0.696. The monoisotopic (exact) mass is 388 g/mol. The molecule has 4 nitrogen and oxygen atoms in total. The number of Topliss-reactive ketones (excluding diaryl/α,β-unsaturated/α-hetero) is 1. The van der Waals surface area contributed by atoms with Crippen molar-refractivity contribution in [2.45, 2.75) is 71.6 Å². The minimum absolute atomic E-state index is 0.102. The normalized spacial score (nSPS) is 46.9. The van der Waals surface area contributed by atoms with Gasteiger partial charge in [-0.15, -0.1) is 0 Å². The van der Waals surface area contributed by atoms with Crippen LogP contribution in [0.2, 0.25) is 0 Å². The Balaban J connectivity index is 1.75. The van der Waals surface area contributed by atoms with Crippen LogP contribution < -0.4 is 0 Å². The Bertz CT molecular complexity index is 813. The maximum atomic E-state index is 15.2. The van der Waals surface area contributed by atoms with Crippen LogP contribution in [-0.2, 0) is 19.1 Å². The van der Waals surface area contributed by atoms with Gasteiger partial charge in [-0.2, -0.15) is 0 Å². The van der Waals surface area contributed by atoms with Gasteiger partial charge in [-0.1, -0.05) is 19.9 Å². The summed E-state index contributed by atoms with van der Waals surface area (Å²) in [6, 6.07) is 0. The van der Waals surface area contributed by atoms with Crippen LogP contribution in [0.15, 0.2) is 23.8 Å². The zero-order valence-corrected chi connectivity index (χ0v) is 17.1. The molecule has 0 bridgehead atoms. The molecule has 0 unspecified atom stereocenters. The molecule has 3 saturated carbocycles. The molecular weight excluding hydrogens is 359 g/mol. The molecule has 0 N–H and O–H groups in total. The average molecular weight is 388 g/mol. The van der Waals surface area contributed by atoms with Crippen molar-refractivity contribution in [1.29, 1.82) is 0 Å². The van der Waals surface area contributed by atoms with E-state index in [1.807, 2.05) is 13.0 Å². The third-order valence-corrected chi connectivity index (χ3v) is 8.54. The molecule has 152 valence electrons. The van der Waals surface area contributed by atoms with Gasteiger partial charge in [0, 0.05) is 17.8 Å². The molecule has 0 spiro atoms. The van der Waals surface area contributed by atoms with Crippen LogP contribution in [0.5, 0.6) is 0 Å². The number of alkyl halides is 1. The van der Waals surface area contributed by atoms with Crippen molar-refractivity contribution in [2.24, 2.45) is 28.6 Å². The Labute approximate surface area is 165 Å². The Morgan fingerprint density at radius 2 is 1.82 bits per heavy atom. The SMILES string of the molecule is CC(=O)O[C@]1(C(C)=O)CC[C@H]2[C@@H]3C[C@H](F)C4=CC(=O)C=C[C@]4(C)[C@H]3CC[C@@]21C. The molecule has 0 amide bonds. The summed E-state index contributed by atoms with van der Waals surface area (Å²) >= 11 is 0. The van der Waals surface area contributed by atoms with Crippen molar-refractivity contribution < 1.29 is 23.5 Å². The lowest BCUT2D eigenvalue weighted by Crippen LogP contribution is -2.59. The first kappa shape index (κ1) is 19.5. The first-order valence-electron chi connectivity index (χ1n) is 10.3. The first-order valence-corrected chi connectivity index (χ1v) is 10.3. The maximum Gasteiger partial charge on any atom is 0.303 e. The van der Waals surface area contributed by atoms with E-state index < -0.39 is 28.6 Å². The third-order valence-electron chi connectivity index (χ3n) is 8.54. The molecule has 0 heterocycles. The number of carbonyl (C=O) groups is 3. The number of rotatable bonds is 2. The summed E-state index contributed by atoms with van der Waals surface area (Å²) in [5.74, 6) is -0.220. The van der Waals surface area contributed by atoms with Crippen molar-refractivity contribution >= 4 is 17.5 Å². The van der Waals surface area contributed by atoms with Crippen LogP contribution in [-0.4, -0.2) is 29.3 Å². The predicted octanol–water partition coefficient (Wildman–Crippen LogP) is 4.13. The molecule has 4 rings (SSSR count). The number of ketones is 2. The molecule has 28 heavy (non-hydrogen) atoms. The minimum atomic E-state index is -1.15. The van der Waals surface area contributed by atoms with E-state index in [2.05, 4.69) is 6.92 Å². The Hall–Kier alpha value is -1.78. The quantitative estimate of drug-likeness (QED) is 0.667. The molecule has 4 aliphatic rings. The van der Waals surface area contributed by atoms with E-state index >= 15 is 4.39 Å². The lowest BCUT2D eigenvalue weighted by Gasteiger charge is -2.58. The van der Waals surface area contributed by atoms with Crippen LogP contribution in [0.3, 0.4) is 0 Å². The zero-order valence-electron chi connectivity index (χ0n) is 17.1. The zero-order chi connectivity index (χ0) is 20.5. The molecule has 0 aliphatic heterocycles. The summed E-state index contributed by atoms with van der Waals surface area (Å²) in [6.45, 7) is 6.98. The Kier molecular flexibility index (Phi) is 4.26. The number of halogens is 1. The minimum Gasteiger partial charge on any atom is -0.451 e. The molecule has 0 aromatic heterocycles. The largest absolute Gasteiger partial charge is 0.451 e. The van der Waals surface area contributed by atoms with Gasteiger partial charge in [-0.3, -0.25) is 14.4 Å². The first-order chi connectivity index (χ1) is 13.0. The van der Waals surface area contributed by atoms with Gasteiger partial charge in [0.1, 0.15) is 6.17 Å². The number of hydrogen-bond donors (Lipinski definition) is 0. The number of hydrogen-bond acceptors (Lipinski definition) is 4. The van der Waals surface area contributed by atoms with Gasteiger partial charge in [0.15, 0.2) is 17.2 Å². The molecule has 0 aromatic carbocycles. The highest BCUT2D eigenvalue weighted by atomic mass is 19.1. The van der Waals surface area contributed by atoms with Crippen molar-refractivity contribution in [1.82, 2.24) is 0 Å². The van der Waals surface area contributed by atoms with E-state index in [1.54, 1.807) is 6.08 Å². The van der Waals surface area contributed by atoms with Gasteiger partial charge in [0.25, 0.3) is 0 Å². The number of fused-ring (bicyclic) bond motifs is 5. The lowest BCUT2D eigenvalue weighted by molar-refractivity contribution is -0.187. The van der Waals surface area contributed by atoms with Gasteiger partial charge in [-0.05, 0) is 74.5 Å². The van der Waals surface area contributed by atoms with Crippen LogP contribution in [0.4, 0.5) is 4.39 Å². The van der Waals surface area contributed by atoms with Crippen LogP contribution in [0.1, 0.15) is 59.8 Å². The third kappa shape index (κ3) is 2.37. The molecule has 7 atom stereocenters. The molecule has 5 heteroatoms. The van der Waals surface area contributed by atoms with E-state index in [0.717, 1.165) is 19.3 Å². The summed E-state index contributed by atoms with van der Waals surface area (Å²) < 4.78 is 21.0. The second-order valence-electron chi connectivity index (χ2n) is 9.67. The van der Waals surface area contributed by atoms with Crippen molar-refractivity contribution in [3.63, 3.8) is 0 Å². The predicted molar refractivity (Wildman–Crippen MR) is 102 cm³/mol. The van der Waals surface area contributed by atoms with Crippen molar-refractivity contribution in [2.75, 3.05) is 0 Å². The smallest absolute Gasteiger partial charge is 0.303 e. The summed E-state index contributed by atoms with van der Waals surface area (Å²) in [6.07, 6.45) is 7.04. The Morgan fingerprint density at radius 3 is 2.46 bits per heavy atom. The molecule has 3 fully saturated rings. The van der Waals surface area contributed by atoms with Crippen molar-refractivity contribution in [3.8, 4) is 0 Å². The standard InChI is InChI=1S/C23H29FO4/c1-13(25)23(28-14(2)26)10-7-18-16-12-20(24)19-11-15(27)5-8-21(19,3)17(16)6-9-22(18,23)4/h5,8,11,16-18,20H,6-7,9-10,12H2,1-4H3/t16-,17+,18+,20+,21-,22+,23+/m1/s1. The number of carbonyl (C=O) groups excluding carboxylic acids is 3. The molecule has 0 aromatic rings. The summed E-state index contributed by atoms with van der Waals surface area (Å²) in [5.41, 5.74) is -1.42. The highest BCUT2D eigenvalue weighted by Gasteiger charge is 2.68. The maximum absolute atomic E-state index is 15.2. The van der Waals surface area contributed by atoms with Gasteiger partial charge in [0.05, 0.1) is 0 Å². The van der Waals surface area contributed by atoms with Crippen LogP contribution in [0.25, 0.3) is 0 Å². The second kappa shape index (κ2) is 6.11. The molecule has 0 radical (unpaired) electrons. The van der Waals surface area contributed by atoms with E-state index in [4.69, 9.17) is 4.74 Å². The highest BCUT2D eigenvalue weighted by molar-refractivity contribution is 6.01. The fourth-order valence-corrected chi connectivity index (χ4v) is 7.26.